The van der Waals surface area contributed by atoms with Gasteiger partial charge in [0.1, 0.15) is 23.5 Å². The zero-order chi connectivity index (χ0) is 29.9. The number of hydrogen-bond donors (Lipinski definition) is 6. The van der Waals surface area contributed by atoms with Crippen LogP contribution in [0, 0.1) is 0 Å². The maximum Gasteiger partial charge on any atom is 0.362 e. The number of aromatic nitrogens is 4. The number of nitrogens with zero attached hydrogens (tertiary/aromatic N) is 6. The number of hydrogen-bond acceptors (Lipinski definition) is 14. The minimum atomic E-state index is -5.03. The zero-order valence-electron chi connectivity index (χ0n) is 21.2. The molecule has 4 rings (SSSR count). The summed E-state index contributed by atoms with van der Waals surface area (Å²) in [5.41, 5.74) is 8.96. The standard InChI is InChI=1S/C20H26N10O9S2/c21-5-13(31)23-6-10-7-24-29(27-10)8-12-15(17(33)30(12)41(36,37)38)26-16(32)14(11-9-40-19(22)25-11)28-39-20(18(34)35)3-1-2-4-20/h7,9,12,15H,1-6,8,21H2,(H2,22,25)(H,23,31)(H,26,32)(H,34,35)(H,36,37,38)/b28-14-/t12-,15+/m1/s1. The summed E-state index contributed by atoms with van der Waals surface area (Å²) in [6.07, 6.45) is 2.72. The second-order valence-corrected chi connectivity index (χ2v) is 11.3. The third kappa shape index (κ3) is 6.42. The van der Waals surface area contributed by atoms with Crippen molar-refractivity contribution in [2.24, 2.45) is 10.9 Å². The van der Waals surface area contributed by atoms with Crippen molar-refractivity contribution in [1.29, 1.82) is 0 Å². The van der Waals surface area contributed by atoms with Crippen molar-refractivity contribution in [1.82, 2.24) is 34.9 Å². The predicted octanol–water partition coefficient (Wildman–Crippen LogP) is -2.79. The van der Waals surface area contributed by atoms with E-state index in [4.69, 9.17) is 16.3 Å². The molecule has 222 valence electrons. The van der Waals surface area contributed by atoms with E-state index in [1.165, 1.54) is 11.6 Å². The average molecular weight is 615 g/mol. The summed E-state index contributed by atoms with van der Waals surface area (Å²) in [6.45, 7) is -0.670. The number of carboxylic acids is 1. The fourth-order valence-electron chi connectivity index (χ4n) is 4.31. The van der Waals surface area contributed by atoms with Gasteiger partial charge in [0.05, 0.1) is 25.8 Å². The Morgan fingerprint density at radius 3 is 2.59 bits per heavy atom. The van der Waals surface area contributed by atoms with E-state index >= 15 is 0 Å². The molecular weight excluding hydrogens is 588 g/mol. The van der Waals surface area contributed by atoms with Gasteiger partial charge in [0.15, 0.2) is 10.8 Å². The molecule has 41 heavy (non-hydrogen) atoms. The van der Waals surface area contributed by atoms with Gasteiger partial charge in [0.2, 0.25) is 11.5 Å². The number of nitrogens with one attached hydrogen (secondary N) is 2. The highest BCUT2D eigenvalue weighted by Crippen LogP contribution is 2.34. The summed E-state index contributed by atoms with van der Waals surface area (Å²) in [6, 6.07) is -2.87. The Labute approximate surface area is 235 Å². The van der Waals surface area contributed by atoms with Crippen LogP contribution in [0.15, 0.2) is 16.7 Å². The van der Waals surface area contributed by atoms with Crippen LogP contribution >= 0.6 is 11.3 Å². The van der Waals surface area contributed by atoms with Crippen LogP contribution in [0.4, 0.5) is 5.13 Å². The van der Waals surface area contributed by atoms with Crippen LogP contribution in [0.1, 0.15) is 37.1 Å². The summed E-state index contributed by atoms with van der Waals surface area (Å²) in [7, 11) is -5.03. The molecule has 3 heterocycles. The van der Waals surface area contributed by atoms with E-state index in [0.29, 0.717) is 12.8 Å². The lowest BCUT2D eigenvalue weighted by atomic mass is 9.98. The first-order valence-corrected chi connectivity index (χ1v) is 14.3. The monoisotopic (exact) mass is 614 g/mol. The molecule has 1 saturated carbocycles. The van der Waals surface area contributed by atoms with Gasteiger partial charge in [0, 0.05) is 18.2 Å². The lowest BCUT2D eigenvalue weighted by Crippen LogP contribution is -2.73. The van der Waals surface area contributed by atoms with E-state index in [1.807, 2.05) is 0 Å². The SMILES string of the molecule is NCC(=O)NCc1cnn(C[C@@H]2[C@H](NC(=O)/C(=N\OC3(C(=O)O)CCCC3)c3csc(N)n3)C(=O)N2S(=O)(=O)O)n1. The van der Waals surface area contributed by atoms with Crippen molar-refractivity contribution in [3.8, 4) is 0 Å². The predicted molar refractivity (Wildman–Crippen MR) is 138 cm³/mol. The Balaban J connectivity index is 1.56. The minimum Gasteiger partial charge on any atom is -0.478 e. The van der Waals surface area contributed by atoms with Gasteiger partial charge in [-0.15, -0.1) is 11.3 Å². The van der Waals surface area contributed by atoms with Crippen LogP contribution in [0.5, 0.6) is 0 Å². The quantitative estimate of drug-likeness (QED) is 0.0610. The molecule has 1 aliphatic heterocycles. The summed E-state index contributed by atoms with van der Waals surface area (Å²) < 4.78 is 33.5. The second-order valence-electron chi connectivity index (χ2n) is 9.11. The van der Waals surface area contributed by atoms with E-state index < -0.39 is 63.9 Å². The smallest absolute Gasteiger partial charge is 0.362 e. The zero-order valence-corrected chi connectivity index (χ0v) is 22.8. The first-order valence-electron chi connectivity index (χ1n) is 12.0. The van der Waals surface area contributed by atoms with Crippen LogP contribution in [0.25, 0.3) is 0 Å². The number of carbonyl (C=O) groups is 4. The van der Waals surface area contributed by atoms with Crippen molar-refractivity contribution in [3.05, 3.63) is 23.0 Å². The number of rotatable bonds is 12. The highest BCUT2D eigenvalue weighted by atomic mass is 32.2. The molecule has 21 heteroatoms. The molecule has 1 saturated heterocycles. The topological polar surface area (TPSA) is 287 Å². The fraction of sp³-hybridized carbons (Fsp3) is 0.500. The van der Waals surface area contributed by atoms with Gasteiger partial charge in [-0.05, 0) is 12.8 Å². The summed E-state index contributed by atoms with van der Waals surface area (Å²) in [5.74, 6) is -3.92. The molecule has 0 spiro atoms. The third-order valence-electron chi connectivity index (χ3n) is 6.38. The Morgan fingerprint density at radius 2 is 2.00 bits per heavy atom. The molecule has 3 amide bonds. The van der Waals surface area contributed by atoms with E-state index in [9.17, 15) is 37.3 Å². The Bertz CT molecular complexity index is 1480. The molecule has 2 aliphatic rings. The van der Waals surface area contributed by atoms with Crippen molar-refractivity contribution >= 4 is 56.2 Å². The van der Waals surface area contributed by atoms with Crippen LogP contribution in [-0.4, -0.2) is 96.0 Å². The molecule has 19 nitrogen and oxygen atoms in total. The molecule has 0 radical (unpaired) electrons. The number of carbonyl (C=O) groups excluding carboxylic acids is 3. The molecule has 2 aromatic rings. The number of amides is 3. The molecule has 2 fully saturated rings. The van der Waals surface area contributed by atoms with Crippen molar-refractivity contribution in [3.63, 3.8) is 0 Å². The van der Waals surface area contributed by atoms with E-state index in [0.717, 1.165) is 16.1 Å². The van der Waals surface area contributed by atoms with Gasteiger partial charge in [-0.25, -0.2) is 14.1 Å². The van der Waals surface area contributed by atoms with Crippen molar-refractivity contribution in [2.45, 2.75) is 56.5 Å². The van der Waals surface area contributed by atoms with E-state index in [-0.39, 0.29) is 46.8 Å². The Morgan fingerprint density at radius 1 is 1.29 bits per heavy atom. The van der Waals surface area contributed by atoms with Crippen molar-refractivity contribution in [2.75, 3.05) is 12.3 Å². The highest BCUT2D eigenvalue weighted by Gasteiger charge is 2.55. The van der Waals surface area contributed by atoms with Crippen LogP contribution in [0.3, 0.4) is 0 Å². The molecule has 2 aromatic heterocycles. The maximum atomic E-state index is 13.3. The minimum absolute atomic E-state index is 0.0315. The van der Waals surface area contributed by atoms with Crippen LogP contribution in [0.2, 0.25) is 0 Å². The number of nitrogens with two attached hydrogens (primary N) is 2. The number of β-lactam (4-membered cyclic amide) rings is 1. The highest BCUT2D eigenvalue weighted by molar-refractivity contribution is 7.84. The molecule has 0 unspecified atom stereocenters. The molecule has 0 bridgehead atoms. The van der Waals surface area contributed by atoms with E-state index in [2.05, 4.69) is 31.0 Å². The van der Waals surface area contributed by atoms with Crippen molar-refractivity contribution < 1.29 is 42.1 Å². The molecule has 8 N–H and O–H groups in total. The van der Waals surface area contributed by atoms with Gasteiger partial charge in [-0.2, -0.15) is 23.4 Å². The number of oxime groups is 1. The number of nitrogen functional groups attached to an aromatic ring is 1. The number of anilines is 1. The lowest BCUT2D eigenvalue weighted by Gasteiger charge is -2.43. The summed E-state index contributed by atoms with van der Waals surface area (Å²) >= 11 is 0.962. The molecule has 1 aliphatic carbocycles. The maximum absolute atomic E-state index is 13.3. The molecular formula is C20H26N10O9S2. The molecule has 0 aromatic carbocycles. The summed E-state index contributed by atoms with van der Waals surface area (Å²) in [4.78, 5) is 59.6. The van der Waals surface area contributed by atoms with Crippen LogP contribution < -0.4 is 22.1 Å². The average Bonchev–Trinajstić information content (AvgIpc) is 3.67. The number of carboxylic acid groups (broad SMARTS) is 1. The second kappa shape index (κ2) is 11.7. The Kier molecular flexibility index (Phi) is 8.51. The number of aliphatic carboxylic acids is 1. The number of thiazole rings is 1. The van der Waals surface area contributed by atoms with Crippen LogP contribution in [-0.2, 0) is 47.4 Å². The lowest BCUT2D eigenvalue weighted by molar-refractivity contribution is -0.165. The largest absolute Gasteiger partial charge is 0.478 e. The van der Waals surface area contributed by atoms with E-state index in [1.54, 1.807) is 0 Å². The first-order chi connectivity index (χ1) is 19.3. The van der Waals surface area contributed by atoms with Gasteiger partial charge < -0.3 is 32.0 Å². The fourth-order valence-corrected chi connectivity index (χ4v) is 5.72. The summed E-state index contributed by atoms with van der Waals surface area (Å²) in [5, 5.41) is 27.7. The normalized spacial score (nSPS) is 20.4. The first kappa shape index (κ1) is 29.8. The third-order valence-corrected chi connectivity index (χ3v) is 8.00. The van der Waals surface area contributed by atoms with Gasteiger partial charge in [0.25, 0.3) is 11.8 Å². The molecule has 2 atom stereocenters. The van der Waals surface area contributed by atoms with Gasteiger partial charge in [-0.1, -0.05) is 5.16 Å². The van der Waals surface area contributed by atoms with Gasteiger partial charge in [-0.3, -0.25) is 18.9 Å². The Hall–Kier alpha value is -4.21. The van der Waals surface area contributed by atoms with Gasteiger partial charge >= 0.3 is 16.3 Å².